The van der Waals surface area contributed by atoms with E-state index in [0.29, 0.717) is 12.8 Å². The van der Waals surface area contributed by atoms with Crippen molar-refractivity contribution in [3.8, 4) is 0 Å². The summed E-state index contributed by atoms with van der Waals surface area (Å²) in [4.78, 5) is 16.3. The Morgan fingerprint density at radius 3 is 2.68 bits per heavy atom. The predicted octanol–water partition coefficient (Wildman–Crippen LogP) is 3.41. The zero-order valence-corrected chi connectivity index (χ0v) is 12.6. The second-order valence-corrected chi connectivity index (χ2v) is 5.47. The minimum Gasteiger partial charge on any atom is -0.335 e. The van der Waals surface area contributed by atoms with Gasteiger partial charge in [-0.2, -0.15) is 0 Å². The zero-order valence-electron chi connectivity index (χ0n) is 11.0. The van der Waals surface area contributed by atoms with Gasteiger partial charge in [0.1, 0.15) is 11.6 Å². The monoisotopic (exact) mass is 320 g/mol. The molecule has 0 aliphatic carbocycles. The number of carbonyl (C=O) groups is 1. The van der Waals surface area contributed by atoms with Gasteiger partial charge in [-0.05, 0) is 24.1 Å². The summed E-state index contributed by atoms with van der Waals surface area (Å²) >= 11 is 3.39. The summed E-state index contributed by atoms with van der Waals surface area (Å²) in [6.45, 7) is 3.04. The molecule has 0 atom stereocenters. The Bertz CT molecular complexity index is 546. The quantitative estimate of drug-likeness (QED) is 0.817. The molecule has 0 aliphatic heterocycles. The van der Waals surface area contributed by atoms with E-state index in [1.165, 1.54) is 0 Å². The van der Waals surface area contributed by atoms with Gasteiger partial charge in [-0.1, -0.05) is 35.0 Å². The molecule has 0 aliphatic rings. The SMILES string of the molecule is CCCn1ccnc1CC(=O)Cc1ccc(Br)cc1. The number of Topliss-reactive ketones (excluding diaryl/α,β-unsaturated/α-hetero) is 1. The van der Waals surface area contributed by atoms with Crippen LogP contribution in [0.5, 0.6) is 0 Å². The Kier molecular flexibility index (Phi) is 4.91. The maximum Gasteiger partial charge on any atom is 0.144 e. The number of rotatable bonds is 6. The molecule has 1 aromatic heterocycles. The maximum absolute atomic E-state index is 12.1. The Labute approximate surface area is 121 Å². The second-order valence-electron chi connectivity index (χ2n) is 4.56. The lowest BCUT2D eigenvalue weighted by Gasteiger charge is -2.06. The van der Waals surface area contributed by atoms with Crippen LogP contribution in [0.4, 0.5) is 0 Å². The molecule has 0 amide bonds. The van der Waals surface area contributed by atoms with Crippen molar-refractivity contribution in [2.45, 2.75) is 32.7 Å². The molecule has 2 aromatic rings. The van der Waals surface area contributed by atoms with Gasteiger partial charge in [0, 0.05) is 29.8 Å². The molecule has 1 aromatic carbocycles. The molecule has 0 radical (unpaired) electrons. The predicted molar refractivity (Wildman–Crippen MR) is 79.1 cm³/mol. The summed E-state index contributed by atoms with van der Waals surface area (Å²) in [6.07, 6.45) is 5.61. The molecule has 0 bridgehead atoms. The minimum atomic E-state index is 0.200. The van der Waals surface area contributed by atoms with Crippen molar-refractivity contribution in [2.24, 2.45) is 0 Å². The van der Waals surface area contributed by atoms with Crippen molar-refractivity contribution in [1.82, 2.24) is 9.55 Å². The van der Waals surface area contributed by atoms with Crippen molar-refractivity contribution in [2.75, 3.05) is 0 Å². The number of hydrogen-bond donors (Lipinski definition) is 0. The van der Waals surface area contributed by atoms with Gasteiger partial charge in [-0.3, -0.25) is 4.79 Å². The molecule has 4 heteroatoms. The lowest BCUT2D eigenvalue weighted by Crippen LogP contribution is -2.12. The average molecular weight is 321 g/mol. The lowest BCUT2D eigenvalue weighted by atomic mass is 10.1. The van der Waals surface area contributed by atoms with Gasteiger partial charge in [0.25, 0.3) is 0 Å². The standard InChI is InChI=1S/C15H17BrN2O/c1-2-8-18-9-7-17-15(18)11-14(19)10-12-3-5-13(16)6-4-12/h3-7,9H,2,8,10-11H2,1H3. The summed E-state index contributed by atoms with van der Waals surface area (Å²) in [5.74, 6) is 1.06. The fourth-order valence-corrected chi connectivity index (χ4v) is 2.28. The molecule has 3 nitrogen and oxygen atoms in total. The lowest BCUT2D eigenvalue weighted by molar-refractivity contribution is -0.117. The van der Waals surface area contributed by atoms with Crippen molar-refractivity contribution >= 4 is 21.7 Å². The average Bonchev–Trinajstić information content (AvgIpc) is 2.80. The maximum atomic E-state index is 12.1. The smallest absolute Gasteiger partial charge is 0.144 e. The van der Waals surface area contributed by atoms with E-state index < -0.39 is 0 Å². The highest BCUT2D eigenvalue weighted by Gasteiger charge is 2.09. The number of halogens is 1. The van der Waals surface area contributed by atoms with E-state index in [2.05, 4.69) is 32.4 Å². The molecular weight excluding hydrogens is 304 g/mol. The number of aryl methyl sites for hydroxylation is 1. The van der Waals surface area contributed by atoms with Crippen LogP contribution >= 0.6 is 15.9 Å². The van der Waals surface area contributed by atoms with Crippen molar-refractivity contribution in [1.29, 1.82) is 0 Å². The van der Waals surface area contributed by atoms with E-state index in [9.17, 15) is 4.79 Å². The van der Waals surface area contributed by atoms with Crippen LogP contribution < -0.4 is 0 Å². The minimum absolute atomic E-state index is 0.200. The van der Waals surface area contributed by atoms with Gasteiger partial charge in [0.2, 0.25) is 0 Å². The van der Waals surface area contributed by atoms with Gasteiger partial charge >= 0.3 is 0 Å². The topological polar surface area (TPSA) is 34.9 Å². The fraction of sp³-hybridized carbons (Fsp3) is 0.333. The van der Waals surface area contributed by atoms with E-state index in [1.807, 2.05) is 30.5 Å². The van der Waals surface area contributed by atoms with Crippen LogP contribution in [0.25, 0.3) is 0 Å². The Balaban J connectivity index is 1.97. The summed E-state index contributed by atoms with van der Waals surface area (Å²) in [7, 11) is 0. The third kappa shape index (κ3) is 4.03. The first kappa shape index (κ1) is 14.0. The highest BCUT2D eigenvalue weighted by atomic mass is 79.9. The van der Waals surface area contributed by atoms with E-state index >= 15 is 0 Å². The van der Waals surface area contributed by atoms with Crippen LogP contribution in [0.3, 0.4) is 0 Å². The molecule has 19 heavy (non-hydrogen) atoms. The number of aromatic nitrogens is 2. The van der Waals surface area contributed by atoms with E-state index in [0.717, 1.165) is 28.8 Å². The first-order valence-electron chi connectivity index (χ1n) is 6.45. The number of ketones is 1. The highest BCUT2D eigenvalue weighted by Crippen LogP contribution is 2.12. The number of nitrogens with zero attached hydrogens (tertiary/aromatic N) is 2. The van der Waals surface area contributed by atoms with Crippen LogP contribution in [0, 0.1) is 0 Å². The number of carbonyl (C=O) groups excluding carboxylic acids is 1. The molecular formula is C15H17BrN2O. The normalized spacial score (nSPS) is 10.6. The van der Waals surface area contributed by atoms with Crippen LogP contribution in [-0.4, -0.2) is 15.3 Å². The Hall–Kier alpha value is -1.42. The van der Waals surface area contributed by atoms with Crippen LogP contribution in [0.2, 0.25) is 0 Å². The van der Waals surface area contributed by atoms with Crippen molar-refractivity contribution in [3.05, 3.63) is 52.5 Å². The highest BCUT2D eigenvalue weighted by molar-refractivity contribution is 9.10. The van der Waals surface area contributed by atoms with Gasteiger partial charge in [0.05, 0.1) is 6.42 Å². The molecule has 100 valence electrons. The fourth-order valence-electron chi connectivity index (χ4n) is 2.02. The summed E-state index contributed by atoms with van der Waals surface area (Å²) in [5, 5.41) is 0. The Morgan fingerprint density at radius 1 is 1.26 bits per heavy atom. The molecule has 0 saturated carbocycles. The number of benzene rings is 1. The van der Waals surface area contributed by atoms with E-state index in [4.69, 9.17) is 0 Å². The molecule has 1 heterocycles. The molecule has 0 unspecified atom stereocenters. The van der Waals surface area contributed by atoms with Gasteiger partial charge in [0.15, 0.2) is 0 Å². The molecule has 0 N–H and O–H groups in total. The number of imidazole rings is 1. The first-order chi connectivity index (χ1) is 9.19. The third-order valence-corrected chi connectivity index (χ3v) is 3.46. The molecule has 0 fully saturated rings. The second kappa shape index (κ2) is 6.66. The molecule has 2 rings (SSSR count). The third-order valence-electron chi connectivity index (χ3n) is 2.94. The molecule has 0 spiro atoms. The van der Waals surface area contributed by atoms with E-state index in [-0.39, 0.29) is 5.78 Å². The summed E-state index contributed by atoms with van der Waals surface area (Å²) < 4.78 is 3.08. The molecule has 0 saturated heterocycles. The van der Waals surface area contributed by atoms with Crippen molar-refractivity contribution < 1.29 is 4.79 Å². The van der Waals surface area contributed by atoms with Crippen LogP contribution in [0.1, 0.15) is 24.7 Å². The van der Waals surface area contributed by atoms with Gasteiger partial charge in [-0.25, -0.2) is 4.98 Å². The van der Waals surface area contributed by atoms with Crippen LogP contribution in [-0.2, 0) is 24.2 Å². The number of hydrogen-bond acceptors (Lipinski definition) is 2. The summed E-state index contributed by atoms with van der Waals surface area (Å²) in [6, 6.07) is 7.86. The van der Waals surface area contributed by atoms with Crippen LogP contribution in [0.15, 0.2) is 41.1 Å². The van der Waals surface area contributed by atoms with Crippen molar-refractivity contribution in [3.63, 3.8) is 0 Å². The zero-order chi connectivity index (χ0) is 13.7. The Morgan fingerprint density at radius 2 is 2.00 bits per heavy atom. The van der Waals surface area contributed by atoms with Gasteiger partial charge < -0.3 is 4.57 Å². The summed E-state index contributed by atoms with van der Waals surface area (Å²) in [5.41, 5.74) is 1.04. The first-order valence-corrected chi connectivity index (χ1v) is 7.24. The largest absolute Gasteiger partial charge is 0.335 e. The van der Waals surface area contributed by atoms with Gasteiger partial charge in [-0.15, -0.1) is 0 Å². The van der Waals surface area contributed by atoms with E-state index in [1.54, 1.807) is 6.20 Å².